The van der Waals surface area contributed by atoms with E-state index in [9.17, 15) is 14.9 Å². The summed E-state index contributed by atoms with van der Waals surface area (Å²) in [5.41, 5.74) is 4.88. The van der Waals surface area contributed by atoms with Crippen molar-refractivity contribution in [2.45, 2.75) is 25.3 Å². The molecule has 0 fully saturated rings. The van der Waals surface area contributed by atoms with Gasteiger partial charge in [-0.3, -0.25) is 14.6 Å². The third kappa shape index (κ3) is 6.92. The van der Waals surface area contributed by atoms with Gasteiger partial charge in [0.15, 0.2) is 0 Å². The number of aryl methyl sites for hydroxylation is 1. The van der Waals surface area contributed by atoms with Crippen molar-refractivity contribution in [2.75, 3.05) is 7.11 Å². The SMILES string of the molecule is COC(=O)C(Cc1cccc(C#N)c1)C(CCc1ccccc1)NC(=O)c1ccc(-c2cccnc2)cc1. The first-order valence-corrected chi connectivity index (χ1v) is 12.5. The Hall–Kier alpha value is -4.76. The molecule has 1 heterocycles. The molecule has 1 N–H and O–H groups in total. The van der Waals surface area contributed by atoms with Gasteiger partial charge in [0.1, 0.15) is 0 Å². The van der Waals surface area contributed by atoms with E-state index in [1.54, 1.807) is 42.7 Å². The van der Waals surface area contributed by atoms with Crippen molar-refractivity contribution < 1.29 is 14.3 Å². The third-order valence-electron chi connectivity index (χ3n) is 6.55. The van der Waals surface area contributed by atoms with Crippen LogP contribution in [0.1, 0.15) is 33.5 Å². The molecular weight excluding hydrogens is 474 g/mol. The first-order valence-electron chi connectivity index (χ1n) is 12.5. The summed E-state index contributed by atoms with van der Waals surface area (Å²) in [6, 6.07) is 29.9. The van der Waals surface area contributed by atoms with Gasteiger partial charge in [-0.1, -0.05) is 60.7 Å². The lowest BCUT2D eigenvalue weighted by molar-refractivity contribution is -0.146. The number of methoxy groups -OCH3 is 1. The molecule has 38 heavy (non-hydrogen) atoms. The highest BCUT2D eigenvalue weighted by Crippen LogP contribution is 2.22. The van der Waals surface area contributed by atoms with Crippen LogP contribution in [-0.2, 0) is 22.4 Å². The van der Waals surface area contributed by atoms with Crippen molar-refractivity contribution in [2.24, 2.45) is 5.92 Å². The van der Waals surface area contributed by atoms with E-state index in [-0.39, 0.29) is 5.91 Å². The number of carbonyl (C=O) groups is 2. The zero-order valence-electron chi connectivity index (χ0n) is 21.2. The molecule has 0 aliphatic carbocycles. The Kier molecular flexibility index (Phi) is 8.98. The van der Waals surface area contributed by atoms with Crippen molar-refractivity contribution >= 4 is 11.9 Å². The predicted molar refractivity (Wildman–Crippen MR) is 146 cm³/mol. The Morgan fingerprint density at radius 1 is 0.921 bits per heavy atom. The Balaban J connectivity index is 1.58. The maximum absolute atomic E-state index is 13.4. The van der Waals surface area contributed by atoms with E-state index in [1.165, 1.54) is 7.11 Å². The number of hydrogen-bond acceptors (Lipinski definition) is 5. The third-order valence-corrected chi connectivity index (χ3v) is 6.55. The van der Waals surface area contributed by atoms with Crippen LogP contribution in [0.3, 0.4) is 0 Å². The molecule has 1 amide bonds. The van der Waals surface area contributed by atoms with E-state index in [4.69, 9.17) is 4.74 Å². The molecule has 0 radical (unpaired) electrons. The largest absolute Gasteiger partial charge is 0.469 e. The summed E-state index contributed by atoms with van der Waals surface area (Å²) >= 11 is 0. The van der Waals surface area contributed by atoms with Gasteiger partial charge >= 0.3 is 5.97 Å². The van der Waals surface area contributed by atoms with Crippen molar-refractivity contribution in [3.63, 3.8) is 0 Å². The molecule has 0 saturated heterocycles. The normalized spacial score (nSPS) is 12.1. The number of pyridine rings is 1. The number of aromatic nitrogens is 1. The van der Waals surface area contributed by atoms with Crippen molar-refractivity contribution in [3.8, 4) is 17.2 Å². The molecule has 0 spiro atoms. The summed E-state index contributed by atoms with van der Waals surface area (Å²) in [6.45, 7) is 0. The van der Waals surface area contributed by atoms with Crippen molar-refractivity contribution in [1.29, 1.82) is 5.26 Å². The molecule has 3 aromatic carbocycles. The van der Waals surface area contributed by atoms with Gasteiger partial charge in [-0.25, -0.2) is 0 Å². The smallest absolute Gasteiger partial charge is 0.311 e. The molecule has 190 valence electrons. The number of nitrogens with zero attached hydrogens (tertiary/aromatic N) is 2. The van der Waals surface area contributed by atoms with Gasteiger partial charge in [0.25, 0.3) is 5.91 Å². The van der Waals surface area contributed by atoms with Gasteiger partial charge in [-0.2, -0.15) is 5.26 Å². The number of hydrogen-bond donors (Lipinski definition) is 1. The second-order valence-electron chi connectivity index (χ2n) is 9.07. The summed E-state index contributed by atoms with van der Waals surface area (Å²) in [4.78, 5) is 30.5. The molecule has 4 rings (SSSR count). The van der Waals surface area contributed by atoms with Crippen LogP contribution in [0.5, 0.6) is 0 Å². The molecule has 0 aliphatic rings. The number of carbonyl (C=O) groups excluding carboxylic acids is 2. The van der Waals surface area contributed by atoms with Gasteiger partial charge in [0.05, 0.1) is 24.7 Å². The van der Waals surface area contributed by atoms with Crippen LogP contribution in [0.25, 0.3) is 11.1 Å². The Morgan fingerprint density at radius 3 is 2.37 bits per heavy atom. The Bertz CT molecular complexity index is 1400. The van der Waals surface area contributed by atoms with Gasteiger partial charge in [-0.05, 0) is 71.8 Å². The zero-order chi connectivity index (χ0) is 26.7. The van der Waals surface area contributed by atoms with Crippen LogP contribution in [-0.4, -0.2) is 30.0 Å². The molecule has 6 heteroatoms. The number of rotatable bonds is 10. The average molecular weight is 504 g/mol. The fourth-order valence-electron chi connectivity index (χ4n) is 4.50. The molecule has 0 saturated carbocycles. The van der Waals surface area contributed by atoms with Gasteiger partial charge in [-0.15, -0.1) is 0 Å². The van der Waals surface area contributed by atoms with Crippen molar-refractivity contribution in [3.05, 3.63) is 126 Å². The molecular formula is C32H29N3O3. The van der Waals surface area contributed by atoms with E-state index in [0.717, 1.165) is 22.3 Å². The number of nitriles is 1. The first-order chi connectivity index (χ1) is 18.6. The minimum atomic E-state index is -0.628. The monoisotopic (exact) mass is 503 g/mol. The molecule has 4 aromatic rings. The molecule has 1 aromatic heterocycles. The van der Waals surface area contributed by atoms with E-state index in [2.05, 4.69) is 16.4 Å². The highest BCUT2D eigenvalue weighted by Gasteiger charge is 2.31. The second kappa shape index (κ2) is 13.0. The molecule has 2 atom stereocenters. The Labute approximate surface area is 222 Å². The van der Waals surface area contributed by atoms with E-state index >= 15 is 0 Å². The fourth-order valence-corrected chi connectivity index (χ4v) is 4.50. The minimum Gasteiger partial charge on any atom is -0.469 e. The highest BCUT2D eigenvalue weighted by molar-refractivity contribution is 5.95. The summed E-state index contributed by atoms with van der Waals surface area (Å²) in [5.74, 6) is -1.30. The van der Waals surface area contributed by atoms with Gasteiger partial charge in [0, 0.05) is 24.0 Å². The van der Waals surface area contributed by atoms with E-state index in [0.29, 0.717) is 30.4 Å². The lowest BCUT2D eigenvalue weighted by Crippen LogP contribution is -2.45. The Morgan fingerprint density at radius 2 is 1.68 bits per heavy atom. The summed E-state index contributed by atoms with van der Waals surface area (Å²) in [5, 5.41) is 12.4. The molecule has 0 aliphatic heterocycles. The van der Waals surface area contributed by atoms with Crippen LogP contribution in [0.4, 0.5) is 0 Å². The van der Waals surface area contributed by atoms with Crippen LogP contribution < -0.4 is 5.32 Å². The lowest BCUT2D eigenvalue weighted by atomic mass is 9.87. The topological polar surface area (TPSA) is 92.1 Å². The van der Waals surface area contributed by atoms with Gasteiger partial charge < -0.3 is 10.1 Å². The van der Waals surface area contributed by atoms with Crippen molar-refractivity contribution in [1.82, 2.24) is 10.3 Å². The van der Waals surface area contributed by atoms with E-state index < -0.39 is 17.9 Å². The second-order valence-corrected chi connectivity index (χ2v) is 9.07. The standard InChI is InChI=1S/C32H29N3O3/c1-38-32(37)29(20-24-9-5-10-25(19-24)21-33)30(17-12-23-7-3-2-4-8-23)35-31(36)27-15-13-26(14-16-27)28-11-6-18-34-22-28/h2-11,13-16,18-19,22,29-30H,12,17,20H2,1H3,(H,35,36). The summed E-state index contributed by atoms with van der Waals surface area (Å²) in [7, 11) is 1.36. The van der Waals surface area contributed by atoms with Crippen LogP contribution in [0.15, 0.2) is 103 Å². The molecule has 2 unspecified atom stereocenters. The number of esters is 1. The van der Waals surface area contributed by atoms with Crippen LogP contribution >= 0.6 is 0 Å². The zero-order valence-corrected chi connectivity index (χ0v) is 21.2. The summed E-state index contributed by atoms with van der Waals surface area (Å²) in [6.07, 6.45) is 5.05. The number of nitrogens with one attached hydrogen (secondary N) is 1. The number of benzene rings is 3. The first kappa shape index (κ1) is 26.3. The predicted octanol–water partition coefficient (Wildman–Crippen LogP) is 5.38. The molecule has 6 nitrogen and oxygen atoms in total. The average Bonchev–Trinajstić information content (AvgIpc) is 2.98. The number of ether oxygens (including phenoxy) is 1. The summed E-state index contributed by atoms with van der Waals surface area (Å²) < 4.78 is 5.17. The maximum Gasteiger partial charge on any atom is 0.311 e. The van der Waals surface area contributed by atoms with E-state index in [1.807, 2.05) is 60.7 Å². The quantitative estimate of drug-likeness (QED) is 0.293. The van der Waals surface area contributed by atoms with Crippen LogP contribution in [0.2, 0.25) is 0 Å². The fraction of sp³-hybridized carbons (Fsp3) is 0.188. The highest BCUT2D eigenvalue weighted by atomic mass is 16.5. The van der Waals surface area contributed by atoms with Gasteiger partial charge in [0.2, 0.25) is 0 Å². The maximum atomic E-state index is 13.4. The number of amides is 1. The molecule has 0 bridgehead atoms. The van der Waals surface area contributed by atoms with Crippen LogP contribution in [0, 0.1) is 17.2 Å². The lowest BCUT2D eigenvalue weighted by Gasteiger charge is -2.27. The minimum absolute atomic E-state index is 0.263.